The summed E-state index contributed by atoms with van der Waals surface area (Å²) in [5.41, 5.74) is 1.48. The monoisotopic (exact) mass is 723 g/mol. The van der Waals surface area contributed by atoms with E-state index in [2.05, 4.69) is 9.44 Å². The number of hydrogen-bond donors (Lipinski definition) is 2. The summed E-state index contributed by atoms with van der Waals surface area (Å²) in [7, 11) is -7.07. The second kappa shape index (κ2) is 15.1. The molecule has 4 aromatic rings. The van der Waals surface area contributed by atoms with Crippen LogP contribution in [0.25, 0.3) is 10.9 Å². The van der Waals surface area contributed by atoms with Gasteiger partial charge in [-0.15, -0.1) is 0 Å². The summed E-state index contributed by atoms with van der Waals surface area (Å²) >= 11 is 0. The lowest BCUT2D eigenvalue weighted by atomic mass is 10.2. The van der Waals surface area contributed by atoms with Gasteiger partial charge >= 0.3 is 6.09 Å². The minimum Gasteiger partial charge on any atom is -0.444 e. The Labute approximate surface area is 294 Å². The molecule has 12 nitrogen and oxygen atoms in total. The van der Waals surface area contributed by atoms with Gasteiger partial charge in [-0.2, -0.15) is 0 Å². The zero-order valence-electron chi connectivity index (χ0n) is 28.7. The van der Waals surface area contributed by atoms with Crippen LogP contribution in [-0.4, -0.2) is 85.5 Å². The fourth-order valence-electron chi connectivity index (χ4n) is 5.99. The quantitative estimate of drug-likeness (QED) is 0.238. The second-order valence-electron chi connectivity index (χ2n) is 13.5. The average molecular weight is 724 g/mol. The SMILES string of the molecule is CC(C(=O)N1CCC(S(=O)(=O)Nc2ccccc2)C1)n1ccc2ccccc21.CC(C)(C)OC(=O)N1CCC(S(=O)(=O)Nc2ccccc2)C1. The number of nitrogens with zero attached hydrogens (tertiary/aromatic N) is 3. The number of benzene rings is 3. The van der Waals surface area contributed by atoms with Gasteiger partial charge in [0.15, 0.2) is 0 Å². The lowest BCUT2D eigenvalue weighted by Crippen LogP contribution is -2.37. The van der Waals surface area contributed by atoms with E-state index in [1.165, 1.54) is 4.90 Å². The van der Waals surface area contributed by atoms with Crippen molar-refractivity contribution in [2.75, 3.05) is 35.6 Å². The number of carbonyl (C=O) groups is 2. The van der Waals surface area contributed by atoms with Gasteiger partial charge in [0.1, 0.15) is 11.6 Å². The Bertz CT molecular complexity index is 2000. The molecular formula is C36H45N5O7S2. The number of rotatable bonds is 8. The van der Waals surface area contributed by atoms with Crippen molar-refractivity contribution >= 4 is 54.3 Å². The number of carbonyl (C=O) groups excluding carboxylic acids is 2. The molecule has 0 spiro atoms. The molecule has 50 heavy (non-hydrogen) atoms. The molecule has 0 aliphatic carbocycles. The average Bonchev–Trinajstić information content (AvgIpc) is 3.85. The lowest BCUT2D eigenvalue weighted by molar-refractivity contribution is -0.133. The van der Waals surface area contributed by atoms with E-state index in [-0.39, 0.29) is 25.0 Å². The van der Waals surface area contributed by atoms with Crippen LogP contribution in [0.5, 0.6) is 0 Å². The number of likely N-dealkylation sites (tertiary alicyclic amines) is 2. The summed E-state index contributed by atoms with van der Waals surface area (Å²) in [6.45, 7) is 8.41. The van der Waals surface area contributed by atoms with Crippen LogP contribution in [0, 0.1) is 0 Å². The highest BCUT2D eigenvalue weighted by molar-refractivity contribution is 7.93. The number of hydrogen-bond acceptors (Lipinski definition) is 7. The number of nitrogens with one attached hydrogen (secondary N) is 2. The van der Waals surface area contributed by atoms with E-state index in [0.717, 1.165) is 10.9 Å². The maximum atomic E-state index is 13.0. The maximum Gasteiger partial charge on any atom is 0.410 e. The number of ether oxygens (including phenoxy) is 1. The standard InChI is InChI=1S/C21H23N3O3S.C15H22N2O4S/c1-16(24-14-11-17-7-5-6-10-20(17)24)21(25)23-13-12-19(15-23)28(26,27)22-18-8-3-2-4-9-18;1-15(2,3)21-14(18)17-10-9-13(11-17)22(19,20)16-12-7-5-4-6-8-12/h2-11,14,16,19,22H,12-13,15H2,1H3;4-8,13,16H,9-11H2,1-3H3. The molecule has 0 bridgehead atoms. The minimum absolute atomic E-state index is 0.0567. The molecule has 1 aromatic heterocycles. The fraction of sp³-hybridized carbons (Fsp3) is 0.389. The summed E-state index contributed by atoms with van der Waals surface area (Å²) in [5, 5.41) is -0.151. The van der Waals surface area contributed by atoms with Crippen molar-refractivity contribution in [1.29, 1.82) is 0 Å². The molecule has 2 aliphatic rings. The summed E-state index contributed by atoms with van der Waals surface area (Å²) in [5.74, 6) is -0.0567. The molecule has 2 amide bonds. The first kappa shape index (κ1) is 36.7. The lowest BCUT2D eigenvalue weighted by Gasteiger charge is -2.24. The third-order valence-corrected chi connectivity index (χ3v) is 12.2. The molecule has 3 heterocycles. The Hall–Kier alpha value is -4.56. The fourth-order valence-corrected chi connectivity index (χ4v) is 8.83. The molecule has 3 aromatic carbocycles. The van der Waals surface area contributed by atoms with Gasteiger partial charge in [-0.25, -0.2) is 21.6 Å². The van der Waals surface area contributed by atoms with Gasteiger partial charge in [-0.05, 0) is 82.3 Å². The zero-order chi connectivity index (χ0) is 36.1. The van der Waals surface area contributed by atoms with Crippen molar-refractivity contribution < 1.29 is 31.2 Å². The van der Waals surface area contributed by atoms with Crippen LogP contribution in [0.2, 0.25) is 0 Å². The predicted octanol–water partition coefficient (Wildman–Crippen LogP) is 5.68. The van der Waals surface area contributed by atoms with Gasteiger partial charge in [0.2, 0.25) is 26.0 Å². The second-order valence-corrected chi connectivity index (χ2v) is 17.4. The van der Waals surface area contributed by atoms with Crippen LogP contribution in [0.3, 0.4) is 0 Å². The van der Waals surface area contributed by atoms with Crippen molar-refractivity contribution in [2.24, 2.45) is 0 Å². The number of sulfonamides is 2. The topological polar surface area (TPSA) is 147 Å². The molecule has 2 aliphatic heterocycles. The van der Waals surface area contributed by atoms with E-state index in [4.69, 9.17) is 4.74 Å². The third kappa shape index (κ3) is 9.16. The van der Waals surface area contributed by atoms with Crippen molar-refractivity contribution in [3.63, 3.8) is 0 Å². The number of fused-ring (bicyclic) bond motifs is 1. The maximum absolute atomic E-state index is 13.0. The molecule has 2 N–H and O–H groups in total. The van der Waals surface area contributed by atoms with E-state index < -0.39 is 42.2 Å². The predicted molar refractivity (Wildman–Crippen MR) is 196 cm³/mol. The normalized spacial score (nSPS) is 18.6. The van der Waals surface area contributed by atoms with Crippen LogP contribution in [0.1, 0.15) is 46.6 Å². The Morgan fingerprint density at radius 1 is 0.720 bits per heavy atom. The number of aromatic nitrogens is 1. The third-order valence-electron chi connectivity index (χ3n) is 8.60. The zero-order valence-corrected chi connectivity index (χ0v) is 30.4. The molecule has 268 valence electrons. The Morgan fingerprint density at radius 3 is 1.74 bits per heavy atom. The summed E-state index contributed by atoms with van der Waals surface area (Å²) in [4.78, 5) is 28.1. The largest absolute Gasteiger partial charge is 0.444 e. The van der Waals surface area contributed by atoms with Crippen molar-refractivity contribution in [2.45, 2.75) is 62.7 Å². The molecule has 6 rings (SSSR count). The van der Waals surface area contributed by atoms with Gasteiger partial charge in [-0.1, -0.05) is 54.6 Å². The Balaban J connectivity index is 0.000000201. The van der Waals surface area contributed by atoms with Gasteiger partial charge in [-0.3, -0.25) is 14.2 Å². The van der Waals surface area contributed by atoms with Crippen LogP contribution in [0.15, 0.2) is 97.2 Å². The first-order valence-corrected chi connectivity index (χ1v) is 19.7. The Kier molecular flexibility index (Phi) is 11.1. The van der Waals surface area contributed by atoms with Gasteiger partial charge in [0.25, 0.3) is 0 Å². The highest BCUT2D eigenvalue weighted by Gasteiger charge is 2.38. The smallest absolute Gasteiger partial charge is 0.410 e. The summed E-state index contributed by atoms with van der Waals surface area (Å²) in [6, 6.07) is 27.1. The molecule has 14 heteroatoms. The van der Waals surface area contributed by atoms with E-state index in [9.17, 15) is 26.4 Å². The van der Waals surface area contributed by atoms with Crippen LogP contribution in [-0.2, 0) is 29.6 Å². The Morgan fingerprint density at radius 2 is 1.20 bits per heavy atom. The highest BCUT2D eigenvalue weighted by atomic mass is 32.2. The van der Waals surface area contributed by atoms with E-state index >= 15 is 0 Å². The molecule has 3 unspecified atom stereocenters. The first-order chi connectivity index (χ1) is 23.6. The van der Waals surface area contributed by atoms with Crippen LogP contribution >= 0.6 is 0 Å². The minimum atomic E-state index is -3.54. The highest BCUT2D eigenvalue weighted by Crippen LogP contribution is 2.26. The van der Waals surface area contributed by atoms with Crippen LogP contribution < -0.4 is 9.44 Å². The van der Waals surface area contributed by atoms with Gasteiger partial charge < -0.3 is 19.1 Å². The van der Waals surface area contributed by atoms with E-state index in [1.807, 2.05) is 60.2 Å². The number of amides is 2. The molecular weight excluding hydrogens is 679 g/mol. The number of para-hydroxylation sites is 3. The summed E-state index contributed by atoms with van der Waals surface area (Å²) in [6.07, 6.45) is 2.29. The van der Waals surface area contributed by atoms with E-state index in [0.29, 0.717) is 37.3 Å². The van der Waals surface area contributed by atoms with Gasteiger partial charge in [0.05, 0.1) is 10.5 Å². The van der Waals surface area contributed by atoms with Crippen molar-refractivity contribution in [3.8, 4) is 0 Å². The molecule has 2 fully saturated rings. The molecule has 3 atom stereocenters. The van der Waals surface area contributed by atoms with Crippen molar-refractivity contribution in [3.05, 3.63) is 97.2 Å². The van der Waals surface area contributed by atoms with Gasteiger partial charge in [0, 0.05) is 49.3 Å². The van der Waals surface area contributed by atoms with Crippen LogP contribution in [0.4, 0.5) is 16.2 Å². The summed E-state index contributed by atoms with van der Waals surface area (Å²) < 4.78 is 62.5. The molecule has 0 radical (unpaired) electrons. The molecule has 2 saturated heterocycles. The van der Waals surface area contributed by atoms with E-state index in [1.54, 1.807) is 74.2 Å². The van der Waals surface area contributed by atoms with Crippen molar-refractivity contribution in [1.82, 2.24) is 14.4 Å². The molecule has 0 saturated carbocycles. The number of anilines is 2. The first-order valence-electron chi connectivity index (χ1n) is 16.6.